The third-order valence-electron chi connectivity index (χ3n) is 9.08. The van der Waals surface area contributed by atoms with Crippen LogP contribution >= 0.6 is 0 Å². The second-order valence-electron chi connectivity index (χ2n) is 12.9. The summed E-state index contributed by atoms with van der Waals surface area (Å²) in [7, 11) is -1.23. The summed E-state index contributed by atoms with van der Waals surface area (Å²) in [6, 6.07) is 32.3. The van der Waals surface area contributed by atoms with Crippen molar-refractivity contribution in [1.82, 2.24) is 9.55 Å². The van der Waals surface area contributed by atoms with Gasteiger partial charge in [-0.25, -0.2) is 4.98 Å². The fourth-order valence-corrected chi connectivity index (χ4v) is 7.41. The van der Waals surface area contributed by atoms with Gasteiger partial charge in [-0.05, 0) is 109 Å². The molecule has 0 saturated heterocycles. The Morgan fingerprint density at radius 2 is 1.67 bits per heavy atom. The molecule has 1 aliphatic heterocycles. The average Bonchev–Trinajstić information content (AvgIpc) is 3.60. The molecule has 1 aliphatic rings. The van der Waals surface area contributed by atoms with Gasteiger partial charge in [-0.1, -0.05) is 56.7 Å². The first-order valence-electron chi connectivity index (χ1n) is 18.3. The van der Waals surface area contributed by atoms with Gasteiger partial charge in [0.25, 0.3) is 5.91 Å². The number of ether oxygens (including phenoxy) is 2. The van der Waals surface area contributed by atoms with Crippen LogP contribution in [0.4, 0.5) is 17.1 Å². The SMILES string of the molecule is CCCCOCCOc1ccc(-c2ccc3c(c2)C=C(C(=O)Nc2ccc(S(=O)Cc4cncn4CCC)cc2)CCCN3c2ccccc2)cc1. The number of carbonyl (C=O) groups excluding carboxylic acids is 1. The highest BCUT2D eigenvalue weighted by molar-refractivity contribution is 7.84. The van der Waals surface area contributed by atoms with Gasteiger partial charge in [0.2, 0.25) is 0 Å². The standard InChI is InChI=1S/C43H48N4O4S/c1-3-5-25-50-26-27-51-40-18-13-33(14-19-40)34-15-22-42-36(28-34)29-35(10-9-24-47(42)38-11-7-6-8-12-38)43(48)45-37-16-20-41(21-17-37)52(49)31-39-30-44-32-46(39)23-4-2/h6-8,11-22,28-30,32H,3-5,9-10,23-27,31H2,1-2H3,(H,45,48). The molecule has 0 fully saturated rings. The maximum absolute atomic E-state index is 13.8. The molecular weight excluding hydrogens is 669 g/mol. The van der Waals surface area contributed by atoms with Crippen molar-refractivity contribution in [2.24, 2.45) is 0 Å². The van der Waals surface area contributed by atoms with E-state index in [1.807, 2.05) is 53.1 Å². The predicted octanol–water partition coefficient (Wildman–Crippen LogP) is 9.42. The molecule has 1 atom stereocenters. The lowest BCUT2D eigenvalue weighted by Gasteiger charge is -2.29. The molecule has 0 radical (unpaired) electrons. The van der Waals surface area contributed by atoms with Gasteiger partial charge < -0.3 is 24.3 Å². The van der Waals surface area contributed by atoms with E-state index in [0.717, 1.165) is 84.9 Å². The quantitative estimate of drug-likeness (QED) is 0.103. The molecule has 1 N–H and O–H groups in total. The second kappa shape index (κ2) is 18.5. The molecule has 9 heteroatoms. The molecule has 1 amide bonds. The summed E-state index contributed by atoms with van der Waals surface area (Å²) in [5.74, 6) is 1.07. The van der Waals surface area contributed by atoms with Crippen LogP contribution in [-0.4, -0.2) is 46.0 Å². The van der Waals surface area contributed by atoms with E-state index in [1.165, 1.54) is 0 Å². The number of aryl methyl sites for hydroxylation is 1. The number of anilines is 3. The van der Waals surface area contributed by atoms with Gasteiger partial charge in [-0.3, -0.25) is 9.00 Å². The first kappa shape index (κ1) is 36.8. The van der Waals surface area contributed by atoms with E-state index in [-0.39, 0.29) is 5.91 Å². The monoisotopic (exact) mass is 716 g/mol. The van der Waals surface area contributed by atoms with E-state index in [9.17, 15) is 9.00 Å². The minimum absolute atomic E-state index is 0.137. The van der Waals surface area contributed by atoms with E-state index in [4.69, 9.17) is 9.47 Å². The number of hydrogen-bond acceptors (Lipinski definition) is 6. The molecule has 52 heavy (non-hydrogen) atoms. The number of imidazole rings is 1. The highest BCUT2D eigenvalue weighted by atomic mass is 32.2. The van der Waals surface area contributed by atoms with E-state index < -0.39 is 10.8 Å². The fourth-order valence-electron chi connectivity index (χ4n) is 6.30. The van der Waals surface area contributed by atoms with E-state index in [0.29, 0.717) is 41.5 Å². The number of aromatic nitrogens is 2. The van der Waals surface area contributed by atoms with Crippen LogP contribution in [0.3, 0.4) is 0 Å². The van der Waals surface area contributed by atoms with Gasteiger partial charge in [0.05, 0.1) is 35.2 Å². The van der Waals surface area contributed by atoms with Crippen LogP contribution in [0.5, 0.6) is 5.75 Å². The highest BCUT2D eigenvalue weighted by Gasteiger charge is 2.20. The first-order valence-corrected chi connectivity index (χ1v) is 19.6. The lowest BCUT2D eigenvalue weighted by atomic mass is 9.96. The zero-order chi connectivity index (χ0) is 36.1. The Kier molecular flexibility index (Phi) is 13.1. The second-order valence-corrected chi connectivity index (χ2v) is 14.4. The van der Waals surface area contributed by atoms with Crippen LogP contribution in [-0.2, 0) is 32.6 Å². The minimum atomic E-state index is -1.23. The lowest BCUT2D eigenvalue weighted by Crippen LogP contribution is -2.23. The van der Waals surface area contributed by atoms with Crippen molar-refractivity contribution < 1.29 is 18.5 Å². The summed E-state index contributed by atoms with van der Waals surface area (Å²) >= 11 is 0. The Hall–Kier alpha value is -4.99. The Balaban J connectivity index is 1.19. The van der Waals surface area contributed by atoms with Gasteiger partial charge >= 0.3 is 0 Å². The Labute approximate surface area is 310 Å². The normalized spacial score (nSPS) is 13.4. The molecule has 2 heterocycles. The number of nitrogens with zero attached hydrogens (tertiary/aromatic N) is 3. The smallest absolute Gasteiger partial charge is 0.251 e. The van der Waals surface area contributed by atoms with Crippen molar-refractivity contribution in [3.05, 3.63) is 126 Å². The number of nitrogens with one attached hydrogen (secondary N) is 1. The Morgan fingerprint density at radius 3 is 2.44 bits per heavy atom. The fraction of sp³-hybridized carbons (Fsp3) is 0.302. The van der Waals surface area contributed by atoms with Crippen LogP contribution in [0.1, 0.15) is 57.2 Å². The van der Waals surface area contributed by atoms with Gasteiger partial charge in [0, 0.05) is 53.4 Å². The molecule has 1 aromatic heterocycles. The average molecular weight is 717 g/mol. The molecule has 1 unspecified atom stereocenters. The van der Waals surface area contributed by atoms with Gasteiger partial charge in [0.1, 0.15) is 12.4 Å². The van der Waals surface area contributed by atoms with Crippen molar-refractivity contribution in [2.75, 3.05) is 36.6 Å². The number of para-hydroxylation sites is 1. The maximum atomic E-state index is 13.8. The number of benzene rings is 4. The minimum Gasteiger partial charge on any atom is -0.491 e. The van der Waals surface area contributed by atoms with Crippen LogP contribution in [0.2, 0.25) is 0 Å². The van der Waals surface area contributed by atoms with Gasteiger partial charge in [-0.2, -0.15) is 0 Å². The molecule has 8 nitrogen and oxygen atoms in total. The number of carbonyl (C=O) groups is 1. The van der Waals surface area contributed by atoms with Gasteiger partial charge in [-0.15, -0.1) is 0 Å². The highest BCUT2D eigenvalue weighted by Crippen LogP contribution is 2.36. The zero-order valence-corrected chi connectivity index (χ0v) is 30.9. The van der Waals surface area contributed by atoms with E-state index in [2.05, 4.69) is 83.6 Å². The number of amides is 1. The summed E-state index contributed by atoms with van der Waals surface area (Å²) < 4.78 is 26.7. The van der Waals surface area contributed by atoms with Crippen LogP contribution in [0, 0.1) is 0 Å². The summed E-state index contributed by atoms with van der Waals surface area (Å²) in [5, 5.41) is 3.10. The predicted molar refractivity (Wildman–Crippen MR) is 211 cm³/mol. The van der Waals surface area contributed by atoms with E-state index in [1.54, 1.807) is 12.5 Å². The first-order chi connectivity index (χ1) is 25.5. The zero-order valence-electron chi connectivity index (χ0n) is 30.1. The third-order valence-corrected chi connectivity index (χ3v) is 10.4. The lowest BCUT2D eigenvalue weighted by molar-refractivity contribution is -0.112. The molecule has 4 aromatic carbocycles. The molecule has 0 bridgehead atoms. The van der Waals surface area contributed by atoms with Gasteiger partial charge in [0.15, 0.2) is 0 Å². The summed E-state index contributed by atoms with van der Waals surface area (Å²) in [6.07, 6.45) is 10.2. The number of hydrogen-bond donors (Lipinski definition) is 1. The third kappa shape index (κ3) is 9.66. The van der Waals surface area contributed by atoms with Crippen LogP contribution < -0.4 is 15.0 Å². The van der Waals surface area contributed by atoms with Crippen LogP contribution in [0.25, 0.3) is 17.2 Å². The number of fused-ring (bicyclic) bond motifs is 1. The summed E-state index contributed by atoms with van der Waals surface area (Å²) in [5.41, 5.74) is 7.60. The van der Waals surface area contributed by atoms with Crippen molar-refractivity contribution in [3.63, 3.8) is 0 Å². The largest absolute Gasteiger partial charge is 0.491 e. The van der Waals surface area contributed by atoms with Crippen molar-refractivity contribution in [2.45, 2.75) is 63.1 Å². The molecule has 0 spiro atoms. The molecule has 270 valence electrons. The van der Waals surface area contributed by atoms with Crippen molar-refractivity contribution in [3.8, 4) is 16.9 Å². The molecule has 0 saturated carbocycles. The van der Waals surface area contributed by atoms with Crippen LogP contribution in [0.15, 0.2) is 120 Å². The summed E-state index contributed by atoms with van der Waals surface area (Å²) in [4.78, 5) is 21.1. The molecule has 0 aliphatic carbocycles. The molecule has 6 rings (SSSR count). The topological polar surface area (TPSA) is 85.7 Å². The maximum Gasteiger partial charge on any atom is 0.251 e. The number of rotatable bonds is 16. The molecule has 5 aromatic rings. The summed E-state index contributed by atoms with van der Waals surface area (Å²) in [6.45, 7) is 7.74. The van der Waals surface area contributed by atoms with Crippen molar-refractivity contribution in [1.29, 1.82) is 0 Å². The van der Waals surface area contributed by atoms with Crippen molar-refractivity contribution >= 4 is 39.8 Å². The van der Waals surface area contributed by atoms with E-state index >= 15 is 0 Å². The molecular formula is C43H48N4O4S. The Morgan fingerprint density at radius 1 is 0.885 bits per heavy atom. The number of unbranched alkanes of at least 4 members (excludes halogenated alkanes) is 1. The Bertz CT molecular complexity index is 1960.